The van der Waals surface area contributed by atoms with Crippen molar-refractivity contribution in [2.24, 2.45) is 0 Å². The van der Waals surface area contributed by atoms with Gasteiger partial charge < -0.3 is 19.8 Å². The van der Waals surface area contributed by atoms with Crippen LogP contribution < -0.4 is 10.6 Å². The Hall–Kier alpha value is -1.14. The topological polar surface area (TPSA) is 72.2 Å². The van der Waals surface area contributed by atoms with E-state index in [1.165, 1.54) is 12.8 Å². The summed E-state index contributed by atoms with van der Waals surface area (Å²) in [4.78, 5) is 0. The normalized spacial score (nSPS) is 26.3. The first-order valence-corrected chi connectivity index (χ1v) is 7.07. The number of aromatic nitrogens is 2. The Morgan fingerprint density at radius 1 is 1.21 bits per heavy atom. The average Bonchev–Trinajstić information content (AvgIpc) is 3.06. The molecule has 106 valence electrons. The average molecular weight is 266 g/mol. The molecule has 1 aliphatic heterocycles. The van der Waals surface area contributed by atoms with Crippen LogP contribution in [0.25, 0.3) is 0 Å². The highest BCUT2D eigenvalue weighted by Gasteiger charge is 2.29. The molecular weight excluding hydrogens is 244 g/mol. The van der Waals surface area contributed by atoms with Crippen LogP contribution >= 0.6 is 0 Å². The third kappa shape index (κ3) is 3.67. The zero-order valence-electron chi connectivity index (χ0n) is 11.6. The van der Waals surface area contributed by atoms with Crippen molar-refractivity contribution in [2.45, 2.75) is 63.8 Å². The first-order chi connectivity index (χ1) is 9.11. The minimum atomic E-state index is -0.0771. The fourth-order valence-corrected chi connectivity index (χ4v) is 2.43. The lowest BCUT2D eigenvalue weighted by Gasteiger charge is -2.35. The van der Waals surface area contributed by atoms with Crippen molar-refractivity contribution in [3.8, 4) is 0 Å². The molecule has 1 aliphatic carbocycles. The van der Waals surface area contributed by atoms with Gasteiger partial charge in [-0.3, -0.25) is 0 Å². The van der Waals surface area contributed by atoms with Crippen molar-refractivity contribution in [3.05, 3.63) is 5.89 Å². The number of hydrogen-bond donors (Lipinski definition) is 2. The summed E-state index contributed by atoms with van der Waals surface area (Å²) in [6.45, 7) is 5.66. The third-order valence-electron chi connectivity index (χ3n) is 3.61. The van der Waals surface area contributed by atoms with Gasteiger partial charge in [-0.2, -0.15) is 0 Å². The van der Waals surface area contributed by atoms with Crippen molar-refractivity contribution in [1.29, 1.82) is 0 Å². The van der Waals surface area contributed by atoms with E-state index in [1.807, 2.05) is 0 Å². The molecule has 1 atom stereocenters. The molecule has 6 heteroatoms. The van der Waals surface area contributed by atoms with Crippen molar-refractivity contribution in [2.75, 3.05) is 11.9 Å². The van der Waals surface area contributed by atoms with Gasteiger partial charge in [0.05, 0.1) is 12.1 Å². The predicted molar refractivity (Wildman–Crippen MR) is 70.8 cm³/mol. The lowest BCUT2D eigenvalue weighted by Crippen LogP contribution is -2.40. The van der Waals surface area contributed by atoms with E-state index in [1.54, 1.807) is 0 Å². The first kappa shape index (κ1) is 12.9. The van der Waals surface area contributed by atoms with Crippen LogP contribution in [0.3, 0.4) is 0 Å². The van der Waals surface area contributed by atoms with E-state index < -0.39 is 0 Å². The van der Waals surface area contributed by atoms with Gasteiger partial charge in [0.15, 0.2) is 0 Å². The van der Waals surface area contributed by atoms with Crippen molar-refractivity contribution in [3.63, 3.8) is 0 Å². The Bertz CT molecular complexity index is 428. The van der Waals surface area contributed by atoms with E-state index in [4.69, 9.17) is 9.15 Å². The molecule has 1 unspecified atom stereocenters. The Kier molecular flexibility index (Phi) is 3.45. The molecule has 1 aromatic rings. The van der Waals surface area contributed by atoms with Crippen LogP contribution in [-0.4, -0.2) is 34.5 Å². The molecule has 2 heterocycles. The lowest BCUT2D eigenvalue weighted by atomic mass is 9.94. The van der Waals surface area contributed by atoms with Crippen LogP contribution in [0.15, 0.2) is 4.42 Å². The van der Waals surface area contributed by atoms with Gasteiger partial charge in [0.25, 0.3) is 0 Å². The van der Waals surface area contributed by atoms with Gasteiger partial charge in [-0.05, 0) is 39.5 Å². The summed E-state index contributed by atoms with van der Waals surface area (Å²) in [7, 11) is 0. The highest BCUT2D eigenvalue weighted by atomic mass is 16.5. The summed E-state index contributed by atoms with van der Waals surface area (Å²) in [6.07, 6.45) is 4.44. The smallest absolute Gasteiger partial charge is 0.315 e. The van der Waals surface area contributed by atoms with Crippen molar-refractivity contribution >= 4 is 6.01 Å². The first-order valence-electron chi connectivity index (χ1n) is 7.07. The minimum absolute atomic E-state index is 0.0771. The molecule has 1 saturated heterocycles. The Labute approximate surface area is 113 Å². The number of ether oxygens (including phenoxy) is 1. The summed E-state index contributed by atoms with van der Waals surface area (Å²) in [6, 6.07) is 1.52. The number of anilines is 1. The molecule has 0 radical (unpaired) electrons. The van der Waals surface area contributed by atoms with E-state index in [2.05, 4.69) is 34.7 Å². The number of nitrogens with zero attached hydrogens (tertiary/aromatic N) is 2. The van der Waals surface area contributed by atoms with Crippen LogP contribution in [0.2, 0.25) is 0 Å². The molecular formula is C13H22N4O2. The molecule has 2 aliphatic rings. The van der Waals surface area contributed by atoms with Gasteiger partial charge in [-0.15, -0.1) is 5.10 Å². The fraction of sp³-hybridized carbons (Fsp3) is 0.846. The van der Waals surface area contributed by atoms with Gasteiger partial charge in [0, 0.05) is 18.7 Å². The van der Waals surface area contributed by atoms with Gasteiger partial charge in [0.2, 0.25) is 5.89 Å². The number of hydrogen-bond acceptors (Lipinski definition) is 6. The molecule has 2 fully saturated rings. The van der Waals surface area contributed by atoms with E-state index >= 15 is 0 Å². The molecule has 0 bridgehead atoms. The van der Waals surface area contributed by atoms with E-state index in [9.17, 15) is 0 Å². The molecule has 0 amide bonds. The SMILES string of the molecule is CC1(C)CC(Nc2nnc(CNC3CC3)o2)CCO1. The Balaban J connectivity index is 1.51. The molecule has 6 nitrogen and oxygen atoms in total. The summed E-state index contributed by atoms with van der Waals surface area (Å²) < 4.78 is 11.3. The second kappa shape index (κ2) is 5.09. The zero-order chi connectivity index (χ0) is 13.3. The molecule has 0 spiro atoms. The van der Waals surface area contributed by atoms with Gasteiger partial charge >= 0.3 is 6.01 Å². The summed E-state index contributed by atoms with van der Waals surface area (Å²) >= 11 is 0. The third-order valence-corrected chi connectivity index (χ3v) is 3.61. The van der Waals surface area contributed by atoms with E-state index in [0.29, 0.717) is 30.5 Å². The maximum absolute atomic E-state index is 5.69. The zero-order valence-corrected chi connectivity index (χ0v) is 11.6. The quantitative estimate of drug-likeness (QED) is 0.845. The van der Waals surface area contributed by atoms with Crippen LogP contribution in [0.1, 0.15) is 45.4 Å². The monoisotopic (exact) mass is 266 g/mol. The van der Waals surface area contributed by atoms with E-state index in [-0.39, 0.29) is 5.60 Å². The predicted octanol–water partition coefficient (Wildman–Crippen LogP) is 1.69. The highest BCUT2D eigenvalue weighted by molar-refractivity contribution is 5.20. The molecule has 3 rings (SSSR count). The van der Waals surface area contributed by atoms with Crippen LogP contribution in [0.5, 0.6) is 0 Å². The molecule has 1 aromatic heterocycles. The van der Waals surface area contributed by atoms with Crippen LogP contribution in [0, 0.1) is 0 Å². The van der Waals surface area contributed by atoms with Gasteiger partial charge in [-0.1, -0.05) is 5.10 Å². The number of rotatable bonds is 5. The molecule has 1 saturated carbocycles. The maximum atomic E-state index is 5.69. The van der Waals surface area contributed by atoms with Crippen molar-refractivity contribution in [1.82, 2.24) is 15.5 Å². The summed E-state index contributed by atoms with van der Waals surface area (Å²) in [5.74, 6) is 0.653. The molecule has 2 N–H and O–H groups in total. The van der Waals surface area contributed by atoms with Crippen molar-refractivity contribution < 1.29 is 9.15 Å². The van der Waals surface area contributed by atoms with E-state index in [0.717, 1.165) is 19.4 Å². The largest absolute Gasteiger partial charge is 0.407 e. The fourth-order valence-electron chi connectivity index (χ4n) is 2.43. The lowest BCUT2D eigenvalue weighted by molar-refractivity contribution is -0.0555. The maximum Gasteiger partial charge on any atom is 0.315 e. The number of nitrogens with one attached hydrogen (secondary N) is 2. The second-order valence-electron chi connectivity index (χ2n) is 6.10. The highest BCUT2D eigenvalue weighted by Crippen LogP contribution is 2.26. The summed E-state index contributed by atoms with van der Waals surface area (Å²) in [5.41, 5.74) is -0.0771. The van der Waals surface area contributed by atoms with Crippen LogP contribution in [-0.2, 0) is 11.3 Å². The Morgan fingerprint density at radius 3 is 2.79 bits per heavy atom. The minimum Gasteiger partial charge on any atom is -0.407 e. The Morgan fingerprint density at radius 2 is 2.05 bits per heavy atom. The molecule has 0 aromatic carbocycles. The van der Waals surface area contributed by atoms with Crippen LogP contribution in [0.4, 0.5) is 6.01 Å². The second-order valence-corrected chi connectivity index (χ2v) is 6.10. The van der Waals surface area contributed by atoms with Gasteiger partial charge in [0.1, 0.15) is 0 Å². The van der Waals surface area contributed by atoms with Gasteiger partial charge in [-0.25, -0.2) is 0 Å². The molecule has 19 heavy (non-hydrogen) atoms. The summed E-state index contributed by atoms with van der Waals surface area (Å²) in [5, 5.41) is 14.8. The standard InChI is InChI=1S/C13H22N4O2/c1-13(2)7-10(5-6-18-13)15-12-17-16-11(19-12)8-14-9-3-4-9/h9-10,14H,3-8H2,1-2H3,(H,15,17).